The van der Waals surface area contributed by atoms with Gasteiger partial charge in [-0.05, 0) is 24.6 Å². The molecule has 0 radical (unpaired) electrons. The van der Waals surface area contributed by atoms with Crippen molar-refractivity contribution in [2.24, 2.45) is 0 Å². The molecule has 5 nitrogen and oxygen atoms in total. The van der Waals surface area contributed by atoms with Crippen LogP contribution in [0, 0.1) is 0 Å². The number of aliphatic carboxylic acids is 1. The molecule has 0 aromatic heterocycles. The molecule has 1 saturated heterocycles. The number of carbonyl (C=O) groups is 2. The van der Waals surface area contributed by atoms with E-state index in [0.29, 0.717) is 17.1 Å². The van der Waals surface area contributed by atoms with Gasteiger partial charge in [-0.2, -0.15) is 0 Å². The summed E-state index contributed by atoms with van der Waals surface area (Å²) in [5.74, 6) is -1.29. The first kappa shape index (κ1) is 13.8. The van der Waals surface area contributed by atoms with Gasteiger partial charge in [-0.1, -0.05) is 23.7 Å². The smallest absolute Gasteiger partial charge is 0.335 e. The Hall–Kier alpha value is -1.59. The first-order chi connectivity index (χ1) is 9.04. The van der Waals surface area contributed by atoms with E-state index in [-0.39, 0.29) is 12.5 Å². The second-order valence-electron chi connectivity index (χ2n) is 4.25. The standard InChI is InChI=1S/C13H14ClNO4/c1-2-15-10(16)7-19-12(13(17)18)11(15)8-3-5-9(14)6-4-8/h3-6,11-12H,2,7H2,1H3,(H,17,18). The average Bonchev–Trinajstić information content (AvgIpc) is 2.39. The number of hydrogen-bond donors (Lipinski definition) is 1. The largest absolute Gasteiger partial charge is 0.479 e. The summed E-state index contributed by atoms with van der Waals surface area (Å²) in [5.41, 5.74) is 0.701. The second-order valence-corrected chi connectivity index (χ2v) is 4.68. The van der Waals surface area contributed by atoms with E-state index in [2.05, 4.69) is 0 Å². The number of amides is 1. The van der Waals surface area contributed by atoms with Crippen LogP contribution >= 0.6 is 11.6 Å². The summed E-state index contributed by atoms with van der Waals surface area (Å²) in [6.07, 6.45) is -1.06. The molecule has 1 amide bonds. The zero-order chi connectivity index (χ0) is 14.0. The van der Waals surface area contributed by atoms with Gasteiger partial charge in [-0.3, -0.25) is 4.79 Å². The van der Waals surface area contributed by atoms with Crippen molar-refractivity contribution in [1.29, 1.82) is 0 Å². The molecule has 2 unspecified atom stereocenters. The van der Waals surface area contributed by atoms with Crippen molar-refractivity contribution in [2.45, 2.75) is 19.1 Å². The zero-order valence-electron chi connectivity index (χ0n) is 10.4. The third kappa shape index (κ3) is 2.72. The van der Waals surface area contributed by atoms with Crippen LogP contribution in [-0.2, 0) is 14.3 Å². The van der Waals surface area contributed by atoms with E-state index in [1.165, 1.54) is 4.90 Å². The van der Waals surface area contributed by atoms with Crippen molar-refractivity contribution in [3.63, 3.8) is 0 Å². The van der Waals surface area contributed by atoms with E-state index in [1.54, 1.807) is 24.3 Å². The summed E-state index contributed by atoms with van der Waals surface area (Å²) in [4.78, 5) is 24.6. The van der Waals surface area contributed by atoms with Gasteiger partial charge in [0.05, 0.1) is 6.04 Å². The van der Waals surface area contributed by atoms with Crippen molar-refractivity contribution in [3.8, 4) is 0 Å². The summed E-state index contributed by atoms with van der Waals surface area (Å²) < 4.78 is 5.16. The number of carboxylic acids is 1. The Morgan fingerprint density at radius 2 is 2.11 bits per heavy atom. The first-order valence-electron chi connectivity index (χ1n) is 5.94. The molecule has 6 heteroatoms. The Morgan fingerprint density at radius 1 is 1.47 bits per heavy atom. The Morgan fingerprint density at radius 3 is 2.63 bits per heavy atom. The van der Waals surface area contributed by atoms with Gasteiger partial charge in [0.2, 0.25) is 5.91 Å². The van der Waals surface area contributed by atoms with Gasteiger partial charge in [0, 0.05) is 11.6 Å². The molecule has 0 aliphatic carbocycles. The van der Waals surface area contributed by atoms with Gasteiger partial charge >= 0.3 is 5.97 Å². The quantitative estimate of drug-likeness (QED) is 0.917. The lowest BCUT2D eigenvalue weighted by molar-refractivity contribution is -0.172. The number of ether oxygens (including phenoxy) is 1. The highest BCUT2D eigenvalue weighted by Gasteiger charge is 2.41. The number of benzene rings is 1. The lowest BCUT2D eigenvalue weighted by Gasteiger charge is -2.38. The first-order valence-corrected chi connectivity index (χ1v) is 6.31. The Balaban J connectivity index is 2.40. The van der Waals surface area contributed by atoms with Crippen LogP contribution in [0.25, 0.3) is 0 Å². The third-order valence-electron chi connectivity index (χ3n) is 3.12. The van der Waals surface area contributed by atoms with E-state index in [4.69, 9.17) is 16.3 Å². The van der Waals surface area contributed by atoms with Crippen molar-refractivity contribution in [2.75, 3.05) is 13.2 Å². The lowest BCUT2D eigenvalue weighted by atomic mass is 9.98. The lowest BCUT2D eigenvalue weighted by Crippen LogP contribution is -2.51. The molecule has 1 heterocycles. The molecule has 2 rings (SSSR count). The number of hydrogen-bond acceptors (Lipinski definition) is 3. The van der Waals surface area contributed by atoms with Crippen LogP contribution in [-0.4, -0.2) is 41.1 Å². The minimum atomic E-state index is -1.08. The van der Waals surface area contributed by atoms with Gasteiger partial charge < -0.3 is 14.7 Å². The normalized spacial score (nSPS) is 23.5. The Kier molecular flexibility index (Phi) is 4.07. The maximum Gasteiger partial charge on any atom is 0.335 e. The predicted octanol–water partition coefficient (Wildman–Crippen LogP) is 1.71. The molecule has 2 atom stereocenters. The zero-order valence-corrected chi connectivity index (χ0v) is 11.1. The second kappa shape index (κ2) is 5.59. The molecule has 0 bridgehead atoms. The molecule has 1 N–H and O–H groups in total. The molecule has 1 aliphatic rings. The molecule has 1 aromatic carbocycles. The SMILES string of the molecule is CCN1C(=O)COC(C(=O)O)C1c1ccc(Cl)cc1. The van der Waals surface area contributed by atoms with Crippen molar-refractivity contribution in [1.82, 2.24) is 4.90 Å². The van der Waals surface area contributed by atoms with Crippen LogP contribution in [0.3, 0.4) is 0 Å². The maximum absolute atomic E-state index is 11.8. The molecule has 1 aliphatic heterocycles. The highest BCUT2D eigenvalue weighted by molar-refractivity contribution is 6.30. The van der Waals surface area contributed by atoms with Gasteiger partial charge in [0.15, 0.2) is 6.10 Å². The molecule has 19 heavy (non-hydrogen) atoms. The molecule has 1 aromatic rings. The molecule has 1 fully saturated rings. The minimum Gasteiger partial charge on any atom is -0.479 e. The van der Waals surface area contributed by atoms with Gasteiger partial charge in [-0.15, -0.1) is 0 Å². The molecular formula is C13H14ClNO4. The number of carbonyl (C=O) groups excluding carboxylic acids is 1. The molecule has 102 valence electrons. The number of halogens is 1. The Labute approximate surface area is 115 Å². The summed E-state index contributed by atoms with van der Waals surface area (Å²) in [6, 6.07) is 6.15. The van der Waals surface area contributed by atoms with Gasteiger partial charge in [-0.25, -0.2) is 4.79 Å². The molecular weight excluding hydrogens is 270 g/mol. The summed E-state index contributed by atoms with van der Waals surface area (Å²) in [5, 5.41) is 9.79. The van der Waals surface area contributed by atoms with Crippen LogP contribution in [0.4, 0.5) is 0 Å². The number of likely N-dealkylation sites (N-methyl/N-ethyl adjacent to an activating group) is 1. The van der Waals surface area contributed by atoms with Crippen LogP contribution in [0.2, 0.25) is 5.02 Å². The Bertz CT molecular complexity index is 486. The fourth-order valence-corrected chi connectivity index (χ4v) is 2.37. The van der Waals surface area contributed by atoms with Crippen LogP contribution in [0.5, 0.6) is 0 Å². The topological polar surface area (TPSA) is 66.8 Å². The van der Waals surface area contributed by atoms with Crippen molar-refractivity contribution >= 4 is 23.5 Å². The fraction of sp³-hybridized carbons (Fsp3) is 0.385. The number of rotatable bonds is 3. The number of nitrogens with zero attached hydrogens (tertiary/aromatic N) is 1. The monoisotopic (exact) mass is 283 g/mol. The fourth-order valence-electron chi connectivity index (χ4n) is 2.25. The highest BCUT2D eigenvalue weighted by atomic mass is 35.5. The van der Waals surface area contributed by atoms with E-state index < -0.39 is 18.1 Å². The summed E-state index contributed by atoms with van der Waals surface area (Å²) in [7, 11) is 0. The number of morpholine rings is 1. The maximum atomic E-state index is 11.8. The highest BCUT2D eigenvalue weighted by Crippen LogP contribution is 2.30. The summed E-state index contributed by atoms with van der Waals surface area (Å²) >= 11 is 5.82. The molecule has 0 saturated carbocycles. The predicted molar refractivity (Wildman–Crippen MR) is 69.0 cm³/mol. The van der Waals surface area contributed by atoms with Crippen molar-refractivity contribution < 1.29 is 19.4 Å². The van der Waals surface area contributed by atoms with E-state index in [0.717, 1.165) is 0 Å². The van der Waals surface area contributed by atoms with Crippen molar-refractivity contribution in [3.05, 3.63) is 34.9 Å². The molecule has 0 spiro atoms. The summed E-state index contributed by atoms with van der Waals surface area (Å²) in [6.45, 7) is 2.04. The van der Waals surface area contributed by atoms with Crippen LogP contribution in [0.15, 0.2) is 24.3 Å². The minimum absolute atomic E-state index is 0.200. The van der Waals surface area contributed by atoms with E-state index >= 15 is 0 Å². The average molecular weight is 284 g/mol. The van der Waals surface area contributed by atoms with Gasteiger partial charge in [0.25, 0.3) is 0 Å². The number of carboxylic acid groups (broad SMARTS) is 1. The van der Waals surface area contributed by atoms with Gasteiger partial charge in [0.1, 0.15) is 6.61 Å². The van der Waals surface area contributed by atoms with Crippen LogP contribution < -0.4 is 0 Å². The van der Waals surface area contributed by atoms with E-state index in [1.807, 2.05) is 6.92 Å². The van der Waals surface area contributed by atoms with Crippen LogP contribution in [0.1, 0.15) is 18.5 Å². The van der Waals surface area contributed by atoms with E-state index in [9.17, 15) is 14.7 Å². The third-order valence-corrected chi connectivity index (χ3v) is 3.38.